The topological polar surface area (TPSA) is 47.4 Å². The lowest BCUT2D eigenvalue weighted by molar-refractivity contribution is -0.125. The summed E-state index contributed by atoms with van der Waals surface area (Å²) in [6.45, 7) is 0.530. The Bertz CT molecular complexity index is 629. The van der Waals surface area contributed by atoms with Crippen molar-refractivity contribution in [3.05, 3.63) is 53.9 Å². The van der Waals surface area contributed by atoms with Crippen LogP contribution in [-0.4, -0.2) is 34.7 Å². The number of hydrogen-bond acceptors (Lipinski definition) is 3. The molecule has 1 aromatic heterocycles. The fourth-order valence-corrected chi connectivity index (χ4v) is 1.89. The number of likely N-dealkylation sites (N-methyl/N-ethyl adjacent to an activating group) is 1. The van der Waals surface area contributed by atoms with Gasteiger partial charge in [-0.05, 0) is 29.8 Å². The lowest BCUT2D eigenvalue weighted by atomic mass is 10.2. The maximum absolute atomic E-state index is 12.1. The Morgan fingerprint density at radius 3 is 2.62 bits per heavy atom. The van der Waals surface area contributed by atoms with E-state index in [-0.39, 0.29) is 5.91 Å². The van der Waals surface area contributed by atoms with Crippen LogP contribution in [0.4, 0.5) is 0 Å². The van der Waals surface area contributed by atoms with Crippen LogP contribution in [0.25, 0.3) is 6.08 Å². The smallest absolute Gasteiger partial charge is 0.246 e. The zero-order valence-corrected chi connectivity index (χ0v) is 12.5. The molecule has 0 aliphatic carbocycles. The highest BCUT2D eigenvalue weighted by atomic mass is 16.5. The van der Waals surface area contributed by atoms with Gasteiger partial charge in [0.25, 0.3) is 0 Å². The summed E-state index contributed by atoms with van der Waals surface area (Å²) < 4.78 is 6.86. The van der Waals surface area contributed by atoms with Crippen molar-refractivity contribution in [3.8, 4) is 5.75 Å². The number of carbonyl (C=O) groups is 1. The van der Waals surface area contributed by atoms with Crippen molar-refractivity contribution in [2.75, 3.05) is 14.2 Å². The van der Waals surface area contributed by atoms with E-state index in [9.17, 15) is 4.79 Å². The molecule has 0 aliphatic heterocycles. The second-order valence-corrected chi connectivity index (χ2v) is 4.75. The Labute approximate surface area is 124 Å². The molecule has 0 saturated heterocycles. The summed E-state index contributed by atoms with van der Waals surface area (Å²) in [7, 11) is 5.26. The lowest BCUT2D eigenvalue weighted by Crippen LogP contribution is -2.25. The van der Waals surface area contributed by atoms with E-state index in [4.69, 9.17) is 4.74 Å². The van der Waals surface area contributed by atoms with Gasteiger partial charge >= 0.3 is 0 Å². The maximum atomic E-state index is 12.1. The van der Waals surface area contributed by atoms with Crippen molar-refractivity contribution in [2.24, 2.45) is 7.05 Å². The van der Waals surface area contributed by atoms with Gasteiger partial charge in [-0.25, -0.2) is 0 Å². The van der Waals surface area contributed by atoms with Gasteiger partial charge in [-0.15, -0.1) is 0 Å². The molecule has 0 atom stereocenters. The Hall–Kier alpha value is -2.56. The first-order valence-corrected chi connectivity index (χ1v) is 6.64. The first-order valence-electron chi connectivity index (χ1n) is 6.64. The third-order valence-corrected chi connectivity index (χ3v) is 3.23. The van der Waals surface area contributed by atoms with Crippen LogP contribution in [0.5, 0.6) is 5.75 Å². The SMILES string of the molecule is COc1ccc(/C=C/C(=O)N(C)Cc2ccnn2C)cc1. The molecular formula is C16H19N3O2. The number of hydrogen-bond donors (Lipinski definition) is 0. The molecule has 5 heteroatoms. The first kappa shape index (κ1) is 14.8. The van der Waals surface area contributed by atoms with Gasteiger partial charge in [-0.1, -0.05) is 12.1 Å². The predicted octanol–water partition coefficient (Wildman–Crippen LogP) is 2.10. The number of ether oxygens (including phenoxy) is 1. The van der Waals surface area contributed by atoms with Crippen molar-refractivity contribution in [2.45, 2.75) is 6.54 Å². The molecule has 5 nitrogen and oxygen atoms in total. The molecular weight excluding hydrogens is 266 g/mol. The molecule has 0 unspecified atom stereocenters. The van der Waals surface area contributed by atoms with Gasteiger partial charge in [0, 0.05) is 26.4 Å². The second kappa shape index (κ2) is 6.74. The summed E-state index contributed by atoms with van der Waals surface area (Å²) in [4.78, 5) is 13.7. The number of nitrogens with zero attached hydrogens (tertiary/aromatic N) is 3. The third kappa shape index (κ3) is 3.95. The maximum Gasteiger partial charge on any atom is 0.246 e. The van der Waals surface area contributed by atoms with Gasteiger partial charge in [0.2, 0.25) is 5.91 Å². The fraction of sp³-hybridized carbons (Fsp3) is 0.250. The molecule has 110 valence electrons. The average molecular weight is 285 g/mol. The molecule has 0 radical (unpaired) electrons. The highest BCUT2D eigenvalue weighted by Gasteiger charge is 2.08. The third-order valence-electron chi connectivity index (χ3n) is 3.23. The van der Waals surface area contributed by atoms with Crippen LogP contribution in [0.2, 0.25) is 0 Å². The second-order valence-electron chi connectivity index (χ2n) is 4.75. The summed E-state index contributed by atoms with van der Waals surface area (Å²) in [5.74, 6) is 0.749. The molecule has 0 bridgehead atoms. The van der Waals surface area contributed by atoms with E-state index in [1.54, 1.807) is 42.1 Å². The van der Waals surface area contributed by atoms with Crippen LogP contribution >= 0.6 is 0 Å². The Morgan fingerprint density at radius 1 is 1.33 bits per heavy atom. The van der Waals surface area contributed by atoms with Crippen LogP contribution in [-0.2, 0) is 18.4 Å². The largest absolute Gasteiger partial charge is 0.497 e. The average Bonchev–Trinajstić information content (AvgIpc) is 2.90. The van der Waals surface area contributed by atoms with E-state index >= 15 is 0 Å². The standard InChI is InChI=1S/C16H19N3O2/c1-18(12-14-10-11-17-19(14)2)16(20)9-6-13-4-7-15(21-3)8-5-13/h4-11H,12H2,1-3H3/b9-6+. The van der Waals surface area contributed by atoms with E-state index in [1.165, 1.54) is 0 Å². The number of methoxy groups -OCH3 is 1. The summed E-state index contributed by atoms with van der Waals surface area (Å²) >= 11 is 0. The molecule has 0 N–H and O–H groups in total. The molecule has 0 aliphatic rings. The molecule has 0 saturated carbocycles. The summed E-state index contributed by atoms with van der Waals surface area (Å²) in [5.41, 5.74) is 1.95. The predicted molar refractivity (Wildman–Crippen MR) is 81.7 cm³/mol. The zero-order chi connectivity index (χ0) is 15.2. The molecule has 0 spiro atoms. The fourth-order valence-electron chi connectivity index (χ4n) is 1.89. The van der Waals surface area contributed by atoms with Crippen molar-refractivity contribution in [1.29, 1.82) is 0 Å². The molecule has 0 fully saturated rings. The summed E-state index contributed by atoms with van der Waals surface area (Å²) in [6, 6.07) is 9.44. The number of aromatic nitrogens is 2. The Kier molecular flexibility index (Phi) is 4.77. The van der Waals surface area contributed by atoms with Gasteiger partial charge in [0.05, 0.1) is 19.3 Å². The normalized spacial score (nSPS) is 10.8. The monoisotopic (exact) mass is 285 g/mol. The van der Waals surface area contributed by atoms with Crippen LogP contribution in [0.1, 0.15) is 11.3 Å². The molecule has 1 aromatic carbocycles. The number of aryl methyl sites for hydroxylation is 1. The first-order chi connectivity index (χ1) is 10.1. The van der Waals surface area contributed by atoms with Gasteiger partial charge in [0.1, 0.15) is 5.75 Å². The quantitative estimate of drug-likeness (QED) is 0.790. The van der Waals surface area contributed by atoms with E-state index in [0.717, 1.165) is 17.0 Å². The Morgan fingerprint density at radius 2 is 2.05 bits per heavy atom. The lowest BCUT2D eigenvalue weighted by Gasteiger charge is -2.14. The van der Waals surface area contributed by atoms with Crippen LogP contribution in [0.3, 0.4) is 0 Å². The van der Waals surface area contributed by atoms with E-state index in [0.29, 0.717) is 6.54 Å². The van der Waals surface area contributed by atoms with Crippen molar-refractivity contribution >= 4 is 12.0 Å². The van der Waals surface area contributed by atoms with Crippen LogP contribution in [0.15, 0.2) is 42.6 Å². The number of carbonyl (C=O) groups excluding carboxylic acids is 1. The van der Waals surface area contributed by atoms with Crippen molar-refractivity contribution < 1.29 is 9.53 Å². The molecule has 1 heterocycles. The highest BCUT2D eigenvalue weighted by Crippen LogP contribution is 2.12. The van der Waals surface area contributed by atoms with E-state index in [2.05, 4.69) is 5.10 Å². The summed E-state index contributed by atoms with van der Waals surface area (Å²) in [6.07, 6.45) is 5.08. The van der Waals surface area contributed by atoms with Crippen LogP contribution < -0.4 is 4.74 Å². The minimum absolute atomic E-state index is 0.0491. The van der Waals surface area contributed by atoms with Crippen molar-refractivity contribution in [3.63, 3.8) is 0 Å². The zero-order valence-electron chi connectivity index (χ0n) is 12.5. The van der Waals surface area contributed by atoms with Gasteiger partial charge in [-0.3, -0.25) is 9.48 Å². The van der Waals surface area contributed by atoms with E-state index in [1.807, 2.05) is 37.4 Å². The number of amides is 1. The highest BCUT2D eigenvalue weighted by molar-refractivity contribution is 5.91. The number of benzene rings is 1. The van der Waals surface area contributed by atoms with Gasteiger partial charge in [0.15, 0.2) is 0 Å². The molecule has 2 rings (SSSR count). The van der Waals surface area contributed by atoms with E-state index < -0.39 is 0 Å². The van der Waals surface area contributed by atoms with Gasteiger partial charge < -0.3 is 9.64 Å². The number of rotatable bonds is 5. The molecule has 1 amide bonds. The minimum Gasteiger partial charge on any atom is -0.497 e. The Balaban J connectivity index is 1.96. The molecule has 21 heavy (non-hydrogen) atoms. The summed E-state index contributed by atoms with van der Waals surface area (Å²) in [5, 5.41) is 4.09. The van der Waals surface area contributed by atoms with Gasteiger partial charge in [-0.2, -0.15) is 5.10 Å². The minimum atomic E-state index is -0.0491. The van der Waals surface area contributed by atoms with Crippen LogP contribution in [0, 0.1) is 0 Å². The molecule has 2 aromatic rings. The van der Waals surface area contributed by atoms with Crippen molar-refractivity contribution in [1.82, 2.24) is 14.7 Å².